The molecule has 0 aliphatic heterocycles. The molecule has 0 atom stereocenters. The lowest BCUT2D eigenvalue weighted by atomic mass is 9.53. The molecule has 3 aliphatic carbocycles. The maximum Gasteiger partial charge on any atom is 0.310 e. The SMILES string of the molecule is CCC12CCC(COc3ccc(S(F)(F)(F)(F)F)cc3)(CC1)CC2. The molecule has 3 saturated carbocycles. The Labute approximate surface area is 139 Å². The van der Waals surface area contributed by atoms with Crippen molar-refractivity contribution >= 4 is 10.2 Å². The second kappa shape index (κ2) is 4.80. The lowest BCUT2D eigenvalue weighted by Gasteiger charge is -2.53. The first-order valence-corrected chi connectivity index (χ1v) is 10.3. The van der Waals surface area contributed by atoms with Crippen molar-refractivity contribution in [1.82, 2.24) is 0 Å². The Kier molecular flexibility index (Phi) is 3.57. The van der Waals surface area contributed by atoms with Crippen molar-refractivity contribution < 1.29 is 24.2 Å². The van der Waals surface area contributed by atoms with E-state index in [0.29, 0.717) is 24.2 Å². The first-order chi connectivity index (χ1) is 10.9. The highest BCUT2D eigenvalue weighted by Crippen LogP contribution is 3.02. The van der Waals surface area contributed by atoms with Crippen LogP contribution in [0.3, 0.4) is 0 Å². The van der Waals surface area contributed by atoms with E-state index in [1.54, 1.807) is 0 Å². The van der Waals surface area contributed by atoms with Crippen LogP contribution in [0, 0.1) is 10.8 Å². The number of fused-ring (bicyclic) bond motifs is 3. The van der Waals surface area contributed by atoms with Gasteiger partial charge in [-0.05, 0) is 68.2 Å². The van der Waals surface area contributed by atoms with Gasteiger partial charge in [-0.2, -0.15) is 0 Å². The molecule has 0 aromatic heterocycles. The van der Waals surface area contributed by atoms with Crippen molar-refractivity contribution in [3.8, 4) is 5.75 Å². The van der Waals surface area contributed by atoms with Gasteiger partial charge in [0, 0.05) is 5.41 Å². The Morgan fingerprint density at radius 1 is 0.833 bits per heavy atom. The molecule has 0 saturated heterocycles. The van der Waals surface area contributed by atoms with Gasteiger partial charge in [0.05, 0.1) is 6.61 Å². The van der Waals surface area contributed by atoms with E-state index in [2.05, 4.69) is 6.92 Å². The van der Waals surface area contributed by atoms with Crippen molar-refractivity contribution in [2.45, 2.75) is 56.8 Å². The van der Waals surface area contributed by atoms with Crippen LogP contribution in [0.25, 0.3) is 0 Å². The Balaban J connectivity index is 1.65. The highest BCUT2D eigenvalue weighted by molar-refractivity contribution is 8.45. The lowest BCUT2D eigenvalue weighted by Crippen LogP contribution is -2.44. The van der Waals surface area contributed by atoms with Crippen molar-refractivity contribution in [3.63, 3.8) is 0 Å². The normalized spacial score (nSPS) is 32.9. The fourth-order valence-electron chi connectivity index (χ4n) is 4.12. The fourth-order valence-corrected chi connectivity index (χ4v) is 4.77. The van der Waals surface area contributed by atoms with Gasteiger partial charge >= 0.3 is 10.2 Å². The summed E-state index contributed by atoms with van der Waals surface area (Å²) in [5.74, 6) is 0.216. The van der Waals surface area contributed by atoms with E-state index in [0.717, 1.165) is 31.4 Å². The van der Waals surface area contributed by atoms with E-state index in [1.165, 1.54) is 25.7 Å². The van der Waals surface area contributed by atoms with Gasteiger partial charge in [-0.25, -0.2) is 0 Å². The third kappa shape index (κ3) is 3.51. The van der Waals surface area contributed by atoms with Gasteiger partial charge in [0.15, 0.2) is 0 Å². The summed E-state index contributed by atoms with van der Waals surface area (Å²) in [6.45, 7) is 2.68. The number of hydrogen-bond donors (Lipinski definition) is 0. The van der Waals surface area contributed by atoms with E-state index in [4.69, 9.17) is 4.74 Å². The number of benzene rings is 1. The third-order valence-electron chi connectivity index (χ3n) is 6.12. The van der Waals surface area contributed by atoms with Gasteiger partial charge in [-0.3, -0.25) is 0 Å². The van der Waals surface area contributed by atoms with Crippen LogP contribution >= 0.6 is 10.2 Å². The maximum atomic E-state index is 12.7. The van der Waals surface area contributed by atoms with Gasteiger partial charge in [0.1, 0.15) is 10.6 Å². The topological polar surface area (TPSA) is 9.23 Å². The second-order valence-corrected chi connectivity index (χ2v) is 9.99. The molecule has 0 spiro atoms. The zero-order chi connectivity index (χ0) is 17.8. The maximum absolute atomic E-state index is 12.7. The molecule has 2 bridgehead atoms. The van der Waals surface area contributed by atoms with E-state index in [9.17, 15) is 19.4 Å². The van der Waals surface area contributed by atoms with Crippen LogP contribution in [0.1, 0.15) is 51.9 Å². The molecule has 0 N–H and O–H groups in total. The first kappa shape index (κ1) is 17.8. The zero-order valence-electron chi connectivity index (χ0n) is 13.7. The Morgan fingerprint density at radius 3 is 1.71 bits per heavy atom. The minimum absolute atomic E-state index is 0.0929. The largest absolute Gasteiger partial charge is 0.493 e. The van der Waals surface area contributed by atoms with E-state index < -0.39 is 15.1 Å². The summed E-state index contributed by atoms with van der Waals surface area (Å²) in [7, 11) is -9.60. The Hall–Kier alpha value is -0.980. The van der Waals surface area contributed by atoms with Crippen LogP contribution in [0.2, 0.25) is 0 Å². The quantitative estimate of drug-likeness (QED) is 0.488. The molecule has 3 aliphatic rings. The Morgan fingerprint density at radius 2 is 1.29 bits per heavy atom. The summed E-state index contributed by atoms with van der Waals surface area (Å²) in [4.78, 5) is -1.87. The number of halogens is 5. The van der Waals surface area contributed by atoms with E-state index >= 15 is 0 Å². The lowest BCUT2D eigenvalue weighted by molar-refractivity contribution is -0.0375. The molecule has 0 radical (unpaired) electrons. The molecule has 1 nitrogen and oxygen atoms in total. The molecule has 1 aromatic carbocycles. The van der Waals surface area contributed by atoms with Crippen LogP contribution < -0.4 is 4.74 Å². The zero-order valence-corrected chi connectivity index (χ0v) is 14.5. The molecule has 138 valence electrons. The van der Waals surface area contributed by atoms with Crippen molar-refractivity contribution in [2.75, 3.05) is 6.61 Å². The van der Waals surface area contributed by atoms with Crippen LogP contribution in [-0.2, 0) is 0 Å². The molecular formula is C17H23F5OS. The average Bonchev–Trinajstić information content (AvgIpc) is 2.53. The van der Waals surface area contributed by atoms with Crippen LogP contribution in [0.15, 0.2) is 29.2 Å². The standard InChI is InChI=1S/C17H23F5OS/c1-2-16-7-10-17(11-8-16,12-9-16)13-23-14-3-5-15(6-4-14)24(18,19,20,21)22/h3-6H,2,7-13H2,1H3. The Bertz CT molecular complexity index is 598. The molecule has 0 unspecified atom stereocenters. The number of rotatable bonds is 5. The average molecular weight is 370 g/mol. The monoisotopic (exact) mass is 370 g/mol. The predicted molar refractivity (Wildman–Crippen MR) is 86.2 cm³/mol. The molecule has 0 amide bonds. The summed E-state index contributed by atoms with van der Waals surface area (Å²) in [5.41, 5.74) is 0.570. The summed E-state index contributed by atoms with van der Waals surface area (Å²) >= 11 is 0. The fraction of sp³-hybridized carbons (Fsp3) is 0.647. The molecule has 1 aromatic rings. The van der Waals surface area contributed by atoms with Crippen LogP contribution in [0.5, 0.6) is 5.75 Å². The highest BCUT2D eigenvalue weighted by Gasteiger charge is 2.65. The number of ether oxygens (including phenoxy) is 1. The highest BCUT2D eigenvalue weighted by atomic mass is 32.5. The van der Waals surface area contributed by atoms with Crippen LogP contribution in [0.4, 0.5) is 19.4 Å². The summed E-state index contributed by atoms with van der Waals surface area (Å²) < 4.78 is 69.2. The van der Waals surface area contributed by atoms with Gasteiger partial charge < -0.3 is 4.74 Å². The summed E-state index contributed by atoms with van der Waals surface area (Å²) in [5, 5.41) is 0. The summed E-state index contributed by atoms with van der Waals surface area (Å²) in [6, 6.07) is 2.81. The smallest absolute Gasteiger partial charge is 0.310 e. The van der Waals surface area contributed by atoms with Crippen molar-refractivity contribution in [1.29, 1.82) is 0 Å². The molecule has 24 heavy (non-hydrogen) atoms. The minimum Gasteiger partial charge on any atom is -0.493 e. The van der Waals surface area contributed by atoms with Crippen LogP contribution in [-0.4, -0.2) is 6.61 Å². The molecule has 7 heteroatoms. The third-order valence-corrected chi connectivity index (χ3v) is 7.28. The minimum atomic E-state index is -9.60. The predicted octanol–water partition coefficient (Wildman–Crippen LogP) is 7.47. The molecular weight excluding hydrogens is 347 g/mol. The number of hydrogen-bond acceptors (Lipinski definition) is 1. The van der Waals surface area contributed by atoms with E-state index in [-0.39, 0.29) is 11.2 Å². The van der Waals surface area contributed by atoms with Gasteiger partial charge in [0.25, 0.3) is 0 Å². The second-order valence-electron chi connectivity index (χ2n) is 7.58. The molecule has 0 heterocycles. The van der Waals surface area contributed by atoms with Gasteiger partial charge in [0.2, 0.25) is 0 Å². The van der Waals surface area contributed by atoms with Crippen molar-refractivity contribution in [2.24, 2.45) is 10.8 Å². The van der Waals surface area contributed by atoms with Crippen molar-refractivity contribution in [3.05, 3.63) is 24.3 Å². The van der Waals surface area contributed by atoms with Gasteiger partial charge in [-0.1, -0.05) is 32.8 Å². The molecule has 3 fully saturated rings. The summed E-state index contributed by atoms with van der Waals surface area (Å²) in [6.07, 6.45) is 7.95. The van der Waals surface area contributed by atoms with E-state index in [1.807, 2.05) is 0 Å². The first-order valence-electron chi connectivity index (χ1n) is 8.33. The van der Waals surface area contributed by atoms with Gasteiger partial charge in [-0.15, -0.1) is 0 Å². The molecule has 4 rings (SSSR count).